The molecule has 3 aromatic heterocycles. The van der Waals surface area contributed by atoms with Crippen molar-refractivity contribution in [3.8, 4) is 23.1 Å². The van der Waals surface area contributed by atoms with Gasteiger partial charge in [-0.05, 0) is 64.1 Å². The summed E-state index contributed by atoms with van der Waals surface area (Å²) in [5, 5.41) is 34.3. The molecule has 4 aromatic rings. The molecule has 1 saturated carbocycles. The molecule has 0 bridgehead atoms. The highest BCUT2D eigenvalue weighted by Gasteiger charge is 2.55. The van der Waals surface area contributed by atoms with Crippen molar-refractivity contribution in [3.63, 3.8) is 0 Å². The van der Waals surface area contributed by atoms with Gasteiger partial charge >= 0.3 is 12.0 Å². The third-order valence-corrected chi connectivity index (χ3v) is 10.6. The molecule has 0 radical (unpaired) electrons. The Kier molecular flexibility index (Phi) is 9.00. The predicted octanol–water partition coefficient (Wildman–Crippen LogP) is 3.82. The van der Waals surface area contributed by atoms with Crippen LogP contribution < -0.4 is 19.7 Å². The number of β-amino-alcohol motifs (C(OH)–C–C–N with tert-alkyl or cyclic N) is 1. The summed E-state index contributed by atoms with van der Waals surface area (Å²) in [6.07, 6.45) is 4.69. The number of carbonyl (C=O) groups excluding carboxylic acids is 1. The number of aromatic nitrogens is 5. The number of hydrogen-bond acceptors (Lipinski definition) is 13. The molecular weight excluding hydrogens is 673 g/mol. The third kappa shape index (κ3) is 6.08. The molecule has 1 aromatic carbocycles. The molecule has 268 valence electrons. The average molecular weight is 714 g/mol. The van der Waals surface area contributed by atoms with Crippen LogP contribution in [0.2, 0.25) is 5.02 Å². The molecule has 5 heterocycles. The molecule has 16 heteroatoms. The molecule has 0 spiro atoms. The Balaban J connectivity index is 1.41. The van der Waals surface area contributed by atoms with Crippen LogP contribution >= 0.6 is 11.6 Å². The highest BCUT2D eigenvalue weighted by molar-refractivity contribution is 6.33. The number of anilines is 1. The fraction of sp³-hybridized carbons (Fsp3) is 0.559. The number of nitrogens with one attached hydrogen (secondary N) is 2. The topological polar surface area (TPSA) is 177 Å². The molecule has 0 unspecified atom stereocenters. The number of fused-ring (bicyclic) bond motifs is 3. The molecule has 4 N–H and O–H groups in total. The van der Waals surface area contributed by atoms with Crippen LogP contribution in [0.1, 0.15) is 51.5 Å². The lowest BCUT2D eigenvalue weighted by atomic mass is 9.74. The molecule has 3 aliphatic rings. The van der Waals surface area contributed by atoms with E-state index in [0.717, 1.165) is 25.7 Å². The lowest BCUT2D eigenvalue weighted by molar-refractivity contribution is -0.145. The quantitative estimate of drug-likeness (QED) is 0.194. The zero-order chi connectivity index (χ0) is 35.4. The van der Waals surface area contributed by atoms with Crippen molar-refractivity contribution < 1.29 is 38.3 Å². The number of aromatic amines is 1. The molecule has 7 rings (SSSR count). The van der Waals surface area contributed by atoms with Gasteiger partial charge < -0.3 is 34.1 Å². The highest BCUT2D eigenvalue weighted by Crippen LogP contribution is 2.50. The van der Waals surface area contributed by atoms with E-state index in [9.17, 15) is 15.0 Å². The third-order valence-electron chi connectivity index (χ3n) is 10.2. The Bertz CT molecular complexity index is 1960. The van der Waals surface area contributed by atoms with E-state index >= 15 is 4.39 Å². The monoisotopic (exact) mass is 713 g/mol. The first-order valence-corrected chi connectivity index (χ1v) is 17.1. The molecule has 2 aliphatic heterocycles. The number of methoxy groups -OCH3 is 1. The second-order valence-corrected chi connectivity index (χ2v) is 14.4. The van der Waals surface area contributed by atoms with E-state index in [-0.39, 0.29) is 67.2 Å². The SMILES string of the molecule is COc1nc(-c2c(C)c(Cl)cc3[nH]ncc23)c(F)c2nc(OC[C@@]34CCCN[C@]3(O)CCC4)nc(N3C[C@H](COC(C)=O)OC[C@@](C)(O)C3)c12. The number of hydrogen-bond donors (Lipinski definition) is 4. The molecule has 3 fully saturated rings. The summed E-state index contributed by atoms with van der Waals surface area (Å²) in [4.78, 5) is 27.5. The van der Waals surface area contributed by atoms with Gasteiger partial charge in [-0.2, -0.15) is 15.1 Å². The minimum absolute atomic E-state index is 0.0122. The zero-order valence-electron chi connectivity index (χ0n) is 28.4. The Labute approximate surface area is 292 Å². The van der Waals surface area contributed by atoms with Gasteiger partial charge in [-0.15, -0.1) is 0 Å². The molecule has 0 amide bonds. The summed E-state index contributed by atoms with van der Waals surface area (Å²) in [7, 11) is 1.41. The largest absolute Gasteiger partial charge is 0.480 e. The molecular formula is C34H41ClFN7O7. The van der Waals surface area contributed by atoms with E-state index in [2.05, 4.69) is 25.5 Å². The van der Waals surface area contributed by atoms with Crippen LogP contribution in [0.25, 0.3) is 33.1 Å². The number of halogens is 2. The summed E-state index contributed by atoms with van der Waals surface area (Å²) in [6.45, 7) is 5.46. The van der Waals surface area contributed by atoms with Crippen LogP contribution in [0, 0.1) is 18.2 Å². The summed E-state index contributed by atoms with van der Waals surface area (Å²) in [6, 6.07) is 1.59. The first kappa shape index (κ1) is 34.6. The van der Waals surface area contributed by atoms with Gasteiger partial charge in [-0.1, -0.05) is 11.6 Å². The maximum Gasteiger partial charge on any atom is 0.319 e. The van der Waals surface area contributed by atoms with Gasteiger partial charge in [0.25, 0.3) is 0 Å². The van der Waals surface area contributed by atoms with Gasteiger partial charge in [0.1, 0.15) is 53.1 Å². The van der Waals surface area contributed by atoms with Crippen molar-refractivity contribution in [3.05, 3.63) is 28.7 Å². The fourth-order valence-corrected chi connectivity index (χ4v) is 7.92. The maximum atomic E-state index is 17.2. The Morgan fingerprint density at radius 2 is 2.02 bits per heavy atom. The predicted molar refractivity (Wildman–Crippen MR) is 182 cm³/mol. The van der Waals surface area contributed by atoms with Crippen LogP contribution in [-0.2, 0) is 14.3 Å². The normalized spacial score (nSPS) is 27.0. The van der Waals surface area contributed by atoms with E-state index in [0.29, 0.717) is 40.0 Å². The number of esters is 1. The fourth-order valence-electron chi connectivity index (χ4n) is 7.72. The van der Waals surface area contributed by atoms with Gasteiger partial charge in [0.15, 0.2) is 5.82 Å². The molecule has 50 heavy (non-hydrogen) atoms. The van der Waals surface area contributed by atoms with Crippen molar-refractivity contribution in [2.75, 3.05) is 51.5 Å². The Hall–Kier alpha value is -3.89. The van der Waals surface area contributed by atoms with E-state index in [1.165, 1.54) is 14.0 Å². The average Bonchev–Trinajstić information content (AvgIpc) is 3.64. The number of rotatable bonds is 8. The van der Waals surface area contributed by atoms with Crippen LogP contribution in [0.5, 0.6) is 11.9 Å². The first-order chi connectivity index (χ1) is 23.8. The van der Waals surface area contributed by atoms with Gasteiger partial charge in [0, 0.05) is 34.9 Å². The number of H-pyrrole nitrogens is 1. The zero-order valence-corrected chi connectivity index (χ0v) is 29.2. The van der Waals surface area contributed by atoms with Crippen LogP contribution in [0.4, 0.5) is 10.2 Å². The van der Waals surface area contributed by atoms with Crippen molar-refractivity contribution in [1.29, 1.82) is 0 Å². The summed E-state index contributed by atoms with van der Waals surface area (Å²) < 4.78 is 40.5. The summed E-state index contributed by atoms with van der Waals surface area (Å²) in [5.74, 6) is -1.05. The Morgan fingerprint density at radius 1 is 1.22 bits per heavy atom. The van der Waals surface area contributed by atoms with Crippen LogP contribution in [-0.4, -0.2) is 105 Å². The highest BCUT2D eigenvalue weighted by atomic mass is 35.5. The number of carbonyl (C=O) groups is 1. The van der Waals surface area contributed by atoms with E-state index < -0.39 is 34.6 Å². The summed E-state index contributed by atoms with van der Waals surface area (Å²) >= 11 is 6.59. The lowest BCUT2D eigenvalue weighted by Crippen LogP contribution is -2.60. The number of benzene rings is 1. The Morgan fingerprint density at radius 3 is 2.80 bits per heavy atom. The van der Waals surface area contributed by atoms with Crippen LogP contribution in [0.3, 0.4) is 0 Å². The lowest BCUT2D eigenvalue weighted by Gasteiger charge is -2.46. The minimum Gasteiger partial charge on any atom is -0.480 e. The van der Waals surface area contributed by atoms with Crippen LogP contribution in [0.15, 0.2) is 12.3 Å². The standard InChI is InChI=1S/C34H41ClFN7O7/c1-18-22(35)11-23-21(12-38-42-23)24(18)27-26(36)28-25(30(39-27)47-4)29(43-13-20(14-48-19(2)44)49-16-32(3,45)15-43)41-31(40-28)50-17-33-7-5-9-34(33,46)37-10-6-8-33/h11-12,20,37,45-46H,5-10,13-17H2,1-4H3,(H,38,42)/t20-,32+,33-,34+/m1/s1. The number of ether oxygens (including phenoxy) is 4. The van der Waals surface area contributed by atoms with Crippen molar-refractivity contribution in [2.24, 2.45) is 5.41 Å². The van der Waals surface area contributed by atoms with Crippen molar-refractivity contribution >= 4 is 45.2 Å². The number of pyridine rings is 1. The molecule has 14 nitrogen and oxygen atoms in total. The van der Waals surface area contributed by atoms with Gasteiger partial charge in [-0.25, -0.2) is 9.37 Å². The van der Waals surface area contributed by atoms with Gasteiger partial charge in [-0.3, -0.25) is 15.2 Å². The van der Waals surface area contributed by atoms with Gasteiger partial charge in [0.2, 0.25) is 5.88 Å². The number of nitrogens with zero attached hydrogens (tertiary/aromatic N) is 5. The summed E-state index contributed by atoms with van der Waals surface area (Å²) in [5.41, 5.74) is -1.65. The van der Waals surface area contributed by atoms with E-state index in [1.54, 1.807) is 31.0 Å². The van der Waals surface area contributed by atoms with E-state index in [4.69, 9.17) is 35.5 Å². The molecule has 1 aliphatic carbocycles. The minimum atomic E-state index is -1.37. The molecule has 4 atom stereocenters. The smallest absolute Gasteiger partial charge is 0.319 e. The second kappa shape index (κ2) is 13.0. The second-order valence-electron chi connectivity index (χ2n) is 14.0. The molecule has 2 saturated heterocycles. The van der Waals surface area contributed by atoms with E-state index in [1.807, 2.05) is 0 Å². The first-order valence-electron chi connectivity index (χ1n) is 16.7. The van der Waals surface area contributed by atoms with Gasteiger partial charge in [0.05, 0.1) is 32.0 Å². The van der Waals surface area contributed by atoms with Crippen molar-refractivity contribution in [1.82, 2.24) is 30.5 Å². The van der Waals surface area contributed by atoms with Crippen molar-refractivity contribution in [2.45, 2.75) is 70.3 Å². The maximum absolute atomic E-state index is 17.2. The number of piperidine rings is 1. The number of aliphatic hydroxyl groups is 2.